The van der Waals surface area contributed by atoms with Crippen molar-refractivity contribution in [3.8, 4) is 0 Å². The van der Waals surface area contributed by atoms with Crippen LogP contribution in [-0.4, -0.2) is 4.70 Å². The summed E-state index contributed by atoms with van der Waals surface area (Å²) in [5, 5.41) is 0. The number of aryl methyl sites for hydroxylation is 4. The van der Waals surface area contributed by atoms with Crippen LogP contribution >= 0.6 is 41.0 Å². The molecule has 0 N–H and O–H groups in total. The predicted octanol–water partition coefficient (Wildman–Crippen LogP) is 22.9. The molecule has 0 aliphatic carbocycles. The number of hydrogen-bond acceptors (Lipinski definition) is 0. The van der Waals surface area contributed by atoms with Gasteiger partial charge in [-0.25, -0.2) is 4.70 Å². The maximum absolute atomic E-state index is 13.0. The molecular weight excluding hydrogens is 1100 g/mol. The van der Waals surface area contributed by atoms with Gasteiger partial charge in [0, 0.05) is 22.3 Å². The van der Waals surface area contributed by atoms with Crippen molar-refractivity contribution in [2.24, 2.45) is 0 Å². The van der Waals surface area contributed by atoms with Crippen LogP contribution in [0.4, 0.5) is 0 Å². The molecule has 0 saturated heterocycles. The van der Waals surface area contributed by atoms with E-state index in [1.807, 2.05) is 0 Å². The fraction of sp³-hybridized carbons (Fsp3) is 0.746. The fourth-order valence-corrected chi connectivity index (χ4v) is 10.7. The quantitative estimate of drug-likeness (QED) is 0.0274. The van der Waals surface area contributed by atoms with Crippen molar-refractivity contribution in [3.63, 3.8) is 0 Å². The minimum atomic E-state index is 1.03. The number of rotatable bonds is 41. The summed E-state index contributed by atoms with van der Waals surface area (Å²) in [6.07, 6.45) is 49.7. The fourth-order valence-electron chi connectivity index (χ4n) is 10.7. The second-order valence-electron chi connectivity index (χ2n) is 20.7. The van der Waals surface area contributed by atoms with E-state index in [0.717, 1.165) is 62.8 Å². The van der Waals surface area contributed by atoms with Crippen molar-refractivity contribution >= 4 is 52.4 Å². The zero-order valence-corrected chi connectivity index (χ0v) is 51.2. The van der Waals surface area contributed by atoms with Gasteiger partial charge < -0.3 is 5.53 Å². The Morgan fingerprint density at radius 2 is 0.544 bits per heavy atom. The van der Waals surface area contributed by atoms with Crippen molar-refractivity contribution in [3.05, 3.63) is 85.5 Å². The molecule has 3 rings (SSSR count). The summed E-state index contributed by atoms with van der Waals surface area (Å²) in [5.41, 5.74) is 30.1. The Hall–Kier alpha value is -0.526. The standard InChI is InChI=1S/C63H106N2.2HI.Ni/c1-9-17-25-26-27-28-29-30-31-32-33-34-35-36-37-38-39-47-61-60(46-24-16-8)62(56-48-52(40-18-10-2)58(44-22-14-6)53(49-56)41-19-11-3)65(64)63(61)57-50-54(42-20-12-4)59(45-23-15-7)55(51-57)43-21-13-5;;;/h48-51H,9-47H2,1-8H3;2*1H;/q;;;+2/p-2. The van der Waals surface area contributed by atoms with E-state index in [2.05, 4.69) is 121 Å². The summed E-state index contributed by atoms with van der Waals surface area (Å²) in [4.78, 5) is 0. The molecule has 2 aromatic carbocycles. The third kappa shape index (κ3) is 24.0. The molecule has 0 unspecified atom stereocenters. The average molecular weight is 1200 g/mol. The Balaban J connectivity index is 0.00000514. The van der Waals surface area contributed by atoms with Crippen molar-refractivity contribution in [2.45, 2.75) is 306 Å². The molecule has 0 fully saturated rings. The number of halogens is 2. The molecule has 2 nitrogen and oxygen atoms in total. The van der Waals surface area contributed by atoms with Crippen LogP contribution in [-0.2, 0) is 46.6 Å². The number of nitrogens with zero attached hydrogens (tertiary/aromatic N) is 2. The maximum atomic E-state index is 13.0. The molecule has 0 saturated carbocycles. The SMILES string of the molecule is CCCCCCCCCCCCCCCCCCCC1=C(c2cc(CCCC)c(CCCC)c(CCCC)c2)[N+](=[N-])C(c2cc(CCCC)c(CCCC)c(CCCC)c2)=C1CCCC.[I][Ni][I]. The summed E-state index contributed by atoms with van der Waals surface area (Å²) >= 11 is 4.43. The van der Waals surface area contributed by atoms with Crippen LogP contribution in [0.5, 0.6) is 0 Å². The van der Waals surface area contributed by atoms with Gasteiger partial charge in [0.1, 0.15) is 0 Å². The van der Waals surface area contributed by atoms with Crippen LogP contribution in [0, 0.1) is 0 Å². The van der Waals surface area contributed by atoms with Crippen LogP contribution < -0.4 is 0 Å². The minimum absolute atomic E-state index is 1.03. The van der Waals surface area contributed by atoms with Crippen molar-refractivity contribution in [1.29, 1.82) is 0 Å². The third-order valence-corrected chi connectivity index (χ3v) is 14.8. The van der Waals surface area contributed by atoms with Crippen molar-refractivity contribution in [1.82, 2.24) is 0 Å². The number of hydrogen-bond donors (Lipinski definition) is 0. The van der Waals surface area contributed by atoms with Crippen LogP contribution in [0.15, 0.2) is 35.4 Å². The monoisotopic (exact) mass is 1200 g/mol. The van der Waals surface area contributed by atoms with Gasteiger partial charge in [0.25, 0.3) is 0 Å². The van der Waals surface area contributed by atoms with Gasteiger partial charge in [0.2, 0.25) is 11.4 Å². The summed E-state index contributed by atoms with van der Waals surface area (Å²) in [5.74, 6) is 0. The van der Waals surface area contributed by atoms with Crippen LogP contribution in [0.2, 0.25) is 0 Å². The third-order valence-electron chi connectivity index (χ3n) is 14.8. The number of unbranched alkanes of at least 4 members (excludes halogenated alkanes) is 23. The van der Waals surface area contributed by atoms with Crippen molar-refractivity contribution < 1.29 is 12.8 Å². The Morgan fingerprint density at radius 3 is 0.824 bits per heavy atom. The molecule has 2 aromatic rings. The summed E-state index contributed by atoms with van der Waals surface area (Å²) in [6.45, 7) is 18.7. The van der Waals surface area contributed by atoms with E-state index in [1.165, 1.54) is 221 Å². The van der Waals surface area contributed by atoms with Gasteiger partial charge in [-0.05, 0) is 160 Å². The molecule has 0 amide bonds. The van der Waals surface area contributed by atoms with E-state index in [0.29, 0.717) is 0 Å². The second kappa shape index (κ2) is 41.9. The first-order chi connectivity index (χ1) is 33.3. The summed E-state index contributed by atoms with van der Waals surface area (Å²) in [7, 11) is 1.56. The molecule has 68 heavy (non-hydrogen) atoms. The number of allylic oxidation sites excluding steroid dienone is 2. The van der Waals surface area contributed by atoms with E-state index in [4.69, 9.17) is 0 Å². The first-order valence-corrected chi connectivity index (χ1v) is 35.8. The van der Waals surface area contributed by atoms with Gasteiger partial charge in [-0.15, -0.1) is 0 Å². The second-order valence-corrected chi connectivity index (χ2v) is 29.0. The van der Waals surface area contributed by atoms with E-state index in [-0.39, 0.29) is 0 Å². The van der Waals surface area contributed by atoms with Crippen LogP contribution in [0.25, 0.3) is 16.9 Å². The molecular formula is C63H106I2N2Ni. The molecule has 0 spiro atoms. The summed E-state index contributed by atoms with van der Waals surface area (Å²) < 4.78 is 1.75. The Kier molecular flexibility index (Phi) is 39.2. The van der Waals surface area contributed by atoms with Gasteiger partial charge in [0.15, 0.2) is 0 Å². The van der Waals surface area contributed by atoms with Gasteiger partial charge in [0.05, 0.1) is 0 Å². The molecule has 1 aliphatic rings. The van der Waals surface area contributed by atoms with E-state index >= 15 is 0 Å². The van der Waals surface area contributed by atoms with Crippen molar-refractivity contribution in [2.75, 3.05) is 0 Å². The first-order valence-electron chi connectivity index (χ1n) is 29.4. The van der Waals surface area contributed by atoms with E-state index < -0.39 is 0 Å². The van der Waals surface area contributed by atoms with Gasteiger partial charge in [-0.2, -0.15) is 0 Å². The van der Waals surface area contributed by atoms with Gasteiger partial charge >= 0.3 is 49.0 Å². The molecule has 392 valence electrons. The van der Waals surface area contributed by atoms with E-state index in [1.54, 1.807) is 46.1 Å². The topological polar surface area (TPSA) is 25.3 Å². The predicted molar refractivity (Wildman–Crippen MR) is 318 cm³/mol. The summed E-state index contributed by atoms with van der Waals surface area (Å²) in [6, 6.07) is 10.2. The molecule has 0 radical (unpaired) electrons. The van der Waals surface area contributed by atoms with E-state index in [9.17, 15) is 5.53 Å². The average Bonchev–Trinajstić information content (AvgIpc) is 3.62. The Labute approximate surface area is 452 Å². The normalized spacial score (nSPS) is 12.8. The first kappa shape index (κ1) is 63.6. The van der Waals surface area contributed by atoms with Gasteiger partial charge in [-0.3, -0.25) is 0 Å². The Morgan fingerprint density at radius 1 is 0.324 bits per heavy atom. The molecule has 1 heterocycles. The van der Waals surface area contributed by atoms with Crippen LogP contribution in [0.3, 0.4) is 0 Å². The molecule has 0 bridgehead atoms. The zero-order valence-electron chi connectivity index (χ0n) is 45.9. The number of benzene rings is 2. The van der Waals surface area contributed by atoms with Gasteiger partial charge in [-0.1, -0.05) is 203 Å². The zero-order chi connectivity index (χ0) is 49.6. The molecule has 0 atom stereocenters. The Bertz CT molecular complexity index is 1630. The molecule has 5 heteroatoms. The molecule has 0 aromatic heterocycles. The van der Waals surface area contributed by atoms with Crippen LogP contribution in [0.1, 0.15) is 312 Å². The molecule has 1 aliphatic heterocycles.